The predicted octanol–water partition coefficient (Wildman–Crippen LogP) is 0.753. The van der Waals surface area contributed by atoms with Gasteiger partial charge in [0.25, 0.3) is 11.6 Å². The third-order valence-corrected chi connectivity index (χ3v) is 4.12. The van der Waals surface area contributed by atoms with Crippen molar-refractivity contribution in [3.63, 3.8) is 0 Å². The fourth-order valence-electron chi connectivity index (χ4n) is 2.74. The van der Waals surface area contributed by atoms with Crippen molar-refractivity contribution < 1.29 is 19.2 Å². The molecular formula is C16H20N4O5. The van der Waals surface area contributed by atoms with E-state index in [0.29, 0.717) is 16.9 Å². The standard InChI is InChI=1S/C16H20N4O5/c1-18-4-6-19(7-5-18)17-15(21)3-2-12-8-14(20(22)23)9-13-10-24-11-25-16(12)13/h2-3,8-9H,4-7,10-11H2,1H3,(H,17,21)/b3-2+. The van der Waals surface area contributed by atoms with E-state index in [9.17, 15) is 14.9 Å². The monoisotopic (exact) mass is 348 g/mol. The van der Waals surface area contributed by atoms with Gasteiger partial charge in [0.05, 0.1) is 11.5 Å². The van der Waals surface area contributed by atoms with E-state index in [-0.39, 0.29) is 25.0 Å². The van der Waals surface area contributed by atoms with Crippen LogP contribution in [-0.2, 0) is 16.1 Å². The van der Waals surface area contributed by atoms with Crippen LogP contribution < -0.4 is 10.2 Å². The molecule has 25 heavy (non-hydrogen) atoms. The largest absolute Gasteiger partial charge is 0.467 e. The zero-order chi connectivity index (χ0) is 17.8. The molecule has 1 fully saturated rings. The number of nitrogens with one attached hydrogen (secondary N) is 1. The molecule has 0 saturated carbocycles. The summed E-state index contributed by atoms with van der Waals surface area (Å²) < 4.78 is 10.6. The number of likely N-dealkylation sites (N-methyl/N-ethyl adjacent to an activating group) is 1. The second kappa shape index (κ2) is 7.60. The molecule has 0 atom stereocenters. The number of fused-ring (bicyclic) bond motifs is 1. The third-order valence-electron chi connectivity index (χ3n) is 4.12. The number of nitro groups is 1. The quantitative estimate of drug-likeness (QED) is 0.487. The molecule has 0 aromatic heterocycles. The first-order valence-corrected chi connectivity index (χ1v) is 7.97. The van der Waals surface area contributed by atoms with Crippen molar-refractivity contribution in [3.8, 4) is 5.75 Å². The molecule has 9 heteroatoms. The lowest BCUT2D eigenvalue weighted by Gasteiger charge is -2.31. The van der Waals surface area contributed by atoms with Crippen LogP contribution in [0.15, 0.2) is 18.2 Å². The summed E-state index contributed by atoms with van der Waals surface area (Å²) >= 11 is 0. The van der Waals surface area contributed by atoms with E-state index >= 15 is 0 Å². The fraction of sp³-hybridized carbons (Fsp3) is 0.438. The molecule has 1 aromatic carbocycles. The molecule has 0 spiro atoms. The Balaban J connectivity index is 1.72. The number of carbonyl (C=O) groups excluding carboxylic acids is 1. The fourth-order valence-corrected chi connectivity index (χ4v) is 2.74. The first-order valence-electron chi connectivity index (χ1n) is 7.97. The average Bonchev–Trinajstić information content (AvgIpc) is 2.61. The van der Waals surface area contributed by atoms with Gasteiger partial charge in [0.1, 0.15) is 5.75 Å². The topological polar surface area (TPSA) is 97.2 Å². The van der Waals surface area contributed by atoms with Crippen LogP contribution in [0.3, 0.4) is 0 Å². The number of hydrogen-bond donors (Lipinski definition) is 1. The number of piperazine rings is 1. The Bertz CT molecular complexity index is 698. The highest BCUT2D eigenvalue weighted by Gasteiger charge is 2.20. The van der Waals surface area contributed by atoms with E-state index in [4.69, 9.17) is 9.47 Å². The van der Waals surface area contributed by atoms with Crippen molar-refractivity contribution in [2.45, 2.75) is 6.61 Å². The number of ether oxygens (including phenoxy) is 2. The van der Waals surface area contributed by atoms with E-state index < -0.39 is 4.92 Å². The number of hydrazine groups is 1. The van der Waals surface area contributed by atoms with Gasteiger partial charge in [0.15, 0.2) is 6.79 Å². The first kappa shape index (κ1) is 17.3. The van der Waals surface area contributed by atoms with E-state index in [1.807, 2.05) is 12.1 Å². The number of rotatable bonds is 4. The van der Waals surface area contributed by atoms with Crippen molar-refractivity contribution in [2.75, 3.05) is 40.0 Å². The van der Waals surface area contributed by atoms with Crippen LogP contribution in [0.1, 0.15) is 11.1 Å². The van der Waals surface area contributed by atoms with Crippen LogP contribution in [0.2, 0.25) is 0 Å². The number of amides is 1. The maximum absolute atomic E-state index is 12.1. The normalized spacial score (nSPS) is 18.6. The van der Waals surface area contributed by atoms with Crippen molar-refractivity contribution >= 4 is 17.7 Å². The summed E-state index contributed by atoms with van der Waals surface area (Å²) in [5.41, 5.74) is 3.83. The molecule has 2 heterocycles. The minimum absolute atomic E-state index is 0.0630. The van der Waals surface area contributed by atoms with E-state index in [2.05, 4.69) is 10.3 Å². The van der Waals surface area contributed by atoms with Crippen LogP contribution in [0, 0.1) is 10.1 Å². The number of hydrogen-bond acceptors (Lipinski definition) is 7. The van der Waals surface area contributed by atoms with Crippen LogP contribution >= 0.6 is 0 Å². The zero-order valence-electron chi connectivity index (χ0n) is 13.9. The maximum Gasteiger partial charge on any atom is 0.270 e. The Morgan fingerprint density at radius 1 is 1.32 bits per heavy atom. The smallest absolute Gasteiger partial charge is 0.270 e. The first-order chi connectivity index (χ1) is 12.0. The van der Waals surface area contributed by atoms with Gasteiger partial charge in [-0.25, -0.2) is 5.01 Å². The van der Waals surface area contributed by atoms with Crippen LogP contribution in [0.4, 0.5) is 5.69 Å². The Hall–Kier alpha value is -2.49. The average molecular weight is 348 g/mol. The highest BCUT2D eigenvalue weighted by Crippen LogP contribution is 2.33. The Morgan fingerprint density at radius 3 is 2.80 bits per heavy atom. The van der Waals surface area contributed by atoms with Crippen molar-refractivity contribution in [3.05, 3.63) is 39.4 Å². The Morgan fingerprint density at radius 2 is 2.08 bits per heavy atom. The lowest BCUT2D eigenvalue weighted by atomic mass is 10.1. The molecule has 1 aromatic rings. The number of nitro benzene ring substituents is 1. The molecule has 3 rings (SSSR count). The van der Waals surface area contributed by atoms with E-state index in [1.165, 1.54) is 24.3 Å². The molecule has 0 radical (unpaired) electrons. The summed E-state index contributed by atoms with van der Waals surface area (Å²) in [4.78, 5) is 24.9. The van der Waals surface area contributed by atoms with Gasteiger partial charge in [-0.2, -0.15) is 0 Å². The van der Waals surface area contributed by atoms with Gasteiger partial charge in [0, 0.05) is 55.5 Å². The Labute approximate surface area is 144 Å². The van der Waals surface area contributed by atoms with Gasteiger partial charge >= 0.3 is 0 Å². The van der Waals surface area contributed by atoms with Crippen molar-refractivity contribution in [1.82, 2.24) is 15.3 Å². The molecule has 9 nitrogen and oxygen atoms in total. The molecule has 0 aliphatic carbocycles. The van der Waals surface area contributed by atoms with Crippen LogP contribution in [0.5, 0.6) is 5.75 Å². The van der Waals surface area contributed by atoms with Gasteiger partial charge < -0.3 is 14.4 Å². The van der Waals surface area contributed by atoms with Gasteiger partial charge in [-0.05, 0) is 13.1 Å². The summed E-state index contributed by atoms with van der Waals surface area (Å²) in [5.74, 6) is 0.234. The van der Waals surface area contributed by atoms with E-state index in [1.54, 1.807) is 0 Å². The molecule has 1 amide bonds. The molecule has 0 unspecified atom stereocenters. The lowest BCUT2D eigenvalue weighted by molar-refractivity contribution is -0.385. The van der Waals surface area contributed by atoms with Gasteiger partial charge in [0.2, 0.25) is 0 Å². The number of nitrogens with zero attached hydrogens (tertiary/aromatic N) is 3. The third kappa shape index (κ3) is 4.32. The highest BCUT2D eigenvalue weighted by atomic mass is 16.7. The van der Waals surface area contributed by atoms with Crippen molar-refractivity contribution in [1.29, 1.82) is 0 Å². The molecular weight excluding hydrogens is 328 g/mol. The highest BCUT2D eigenvalue weighted by molar-refractivity contribution is 5.92. The Kier molecular flexibility index (Phi) is 5.27. The predicted molar refractivity (Wildman–Crippen MR) is 89.6 cm³/mol. The van der Waals surface area contributed by atoms with Gasteiger partial charge in [-0.15, -0.1) is 0 Å². The molecule has 1 saturated heterocycles. The summed E-state index contributed by atoms with van der Waals surface area (Å²) in [7, 11) is 2.04. The summed E-state index contributed by atoms with van der Waals surface area (Å²) in [5, 5.41) is 12.9. The van der Waals surface area contributed by atoms with Gasteiger partial charge in [-0.1, -0.05) is 0 Å². The molecule has 2 aliphatic heterocycles. The second-order valence-corrected chi connectivity index (χ2v) is 5.99. The van der Waals surface area contributed by atoms with Crippen LogP contribution in [0.25, 0.3) is 6.08 Å². The summed E-state index contributed by atoms with van der Waals surface area (Å²) in [6.07, 6.45) is 2.89. The van der Waals surface area contributed by atoms with Gasteiger partial charge in [-0.3, -0.25) is 20.3 Å². The zero-order valence-corrected chi connectivity index (χ0v) is 13.9. The molecule has 134 valence electrons. The minimum Gasteiger partial charge on any atom is -0.467 e. The van der Waals surface area contributed by atoms with Crippen LogP contribution in [-0.4, -0.2) is 60.8 Å². The molecule has 0 bridgehead atoms. The van der Waals surface area contributed by atoms with E-state index in [0.717, 1.165) is 26.2 Å². The minimum atomic E-state index is -0.476. The van der Waals surface area contributed by atoms with Crippen molar-refractivity contribution in [2.24, 2.45) is 0 Å². The molecule has 2 aliphatic rings. The summed E-state index contributed by atoms with van der Waals surface area (Å²) in [6.45, 7) is 3.60. The molecule has 1 N–H and O–H groups in total. The number of carbonyl (C=O) groups is 1. The number of non-ortho nitro benzene ring substituents is 1. The second-order valence-electron chi connectivity index (χ2n) is 5.99. The number of benzene rings is 1. The SMILES string of the molecule is CN1CCN(NC(=O)/C=C/c2cc([N+](=O)[O-])cc3c2OCOC3)CC1. The maximum atomic E-state index is 12.1. The summed E-state index contributed by atoms with van der Waals surface area (Å²) in [6, 6.07) is 2.82. The lowest BCUT2D eigenvalue weighted by Crippen LogP contribution is -2.52.